The Morgan fingerprint density at radius 3 is 1.43 bits per heavy atom. The molecular formula is C54H38N2. The summed E-state index contributed by atoms with van der Waals surface area (Å²) >= 11 is 0. The normalized spacial score (nSPS) is 11.4. The first-order valence-corrected chi connectivity index (χ1v) is 18.9. The third-order valence-electron chi connectivity index (χ3n) is 10.3. The van der Waals surface area contributed by atoms with Gasteiger partial charge < -0.3 is 5.41 Å². The highest BCUT2D eigenvalue weighted by Crippen LogP contribution is 2.36. The largest absolute Gasteiger partial charge is 0.300 e. The molecule has 0 saturated carbocycles. The molecule has 1 heterocycles. The van der Waals surface area contributed by atoms with Crippen LogP contribution in [0.25, 0.3) is 72.2 Å². The van der Waals surface area contributed by atoms with Crippen molar-refractivity contribution in [3.63, 3.8) is 0 Å². The average molecular weight is 715 g/mol. The fraction of sp³-hybridized carbons (Fsp3) is 0. The van der Waals surface area contributed by atoms with Crippen LogP contribution in [-0.2, 0) is 0 Å². The number of rotatable bonds is 9. The predicted octanol–water partition coefficient (Wildman–Crippen LogP) is 14.1. The van der Waals surface area contributed by atoms with E-state index in [4.69, 9.17) is 10.4 Å². The molecule has 0 amide bonds. The van der Waals surface area contributed by atoms with Crippen molar-refractivity contribution >= 4 is 22.1 Å². The van der Waals surface area contributed by atoms with Gasteiger partial charge in [0.15, 0.2) is 0 Å². The molecule has 9 aromatic rings. The summed E-state index contributed by atoms with van der Waals surface area (Å²) < 4.78 is 0. The van der Waals surface area contributed by atoms with Crippen molar-refractivity contribution in [2.75, 3.05) is 0 Å². The number of fused-ring (bicyclic) bond motifs is 1. The van der Waals surface area contributed by atoms with Crippen LogP contribution in [0.4, 0.5) is 0 Å². The topological polar surface area (TPSA) is 36.7 Å². The third-order valence-corrected chi connectivity index (χ3v) is 10.3. The van der Waals surface area contributed by atoms with E-state index in [0.29, 0.717) is 5.71 Å². The fourth-order valence-electron chi connectivity index (χ4n) is 7.41. The maximum Gasteiger partial charge on any atom is 0.0715 e. The summed E-state index contributed by atoms with van der Waals surface area (Å²) in [6.45, 7) is 0. The van der Waals surface area contributed by atoms with E-state index in [1.165, 1.54) is 0 Å². The molecule has 0 unspecified atom stereocenters. The number of nitrogens with one attached hydrogen (secondary N) is 1. The quantitative estimate of drug-likeness (QED) is 0.149. The van der Waals surface area contributed by atoms with Gasteiger partial charge in [-0.05, 0) is 96.8 Å². The summed E-state index contributed by atoms with van der Waals surface area (Å²) in [7, 11) is 0. The first-order valence-electron chi connectivity index (χ1n) is 18.9. The lowest BCUT2D eigenvalue weighted by Gasteiger charge is -2.14. The van der Waals surface area contributed by atoms with Crippen molar-refractivity contribution in [3.05, 3.63) is 241 Å². The smallest absolute Gasteiger partial charge is 0.0715 e. The van der Waals surface area contributed by atoms with Crippen LogP contribution in [0, 0.1) is 5.41 Å². The van der Waals surface area contributed by atoms with Crippen molar-refractivity contribution in [1.82, 2.24) is 4.98 Å². The van der Waals surface area contributed by atoms with Crippen molar-refractivity contribution in [3.8, 4) is 55.9 Å². The monoisotopic (exact) mass is 714 g/mol. The molecule has 1 N–H and O–H groups in total. The van der Waals surface area contributed by atoms with Gasteiger partial charge in [-0.25, -0.2) is 4.98 Å². The Morgan fingerprint density at radius 1 is 0.357 bits per heavy atom. The molecule has 264 valence electrons. The van der Waals surface area contributed by atoms with Gasteiger partial charge >= 0.3 is 0 Å². The summed E-state index contributed by atoms with van der Waals surface area (Å²) in [4.78, 5) is 5.06. The van der Waals surface area contributed by atoms with Crippen LogP contribution in [-0.4, -0.2) is 10.7 Å². The molecule has 0 bridgehead atoms. The molecule has 9 rings (SSSR count). The first-order chi connectivity index (χ1) is 27.7. The van der Waals surface area contributed by atoms with Gasteiger partial charge in [0.25, 0.3) is 0 Å². The predicted molar refractivity (Wildman–Crippen MR) is 236 cm³/mol. The molecule has 0 aliphatic carbocycles. The summed E-state index contributed by atoms with van der Waals surface area (Å²) in [5.41, 5.74) is 15.6. The molecule has 0 spiro atoms. The zero-order valence-electron chi connectivity index (χ0n) is 30.8. The van der Waals surface area contributed by atoms with Gasteiger partial charge in [0.2, 0.25) is 0 Å². The van der Waals surface area contributed by atoms with Gasteiger partial charge in [-0.15, -0.1) is 0 Å². The van der Waals surface area contributed by atoms with Crippen LogP contribution in [0.1, 0.15) is 16.7 Å². The number of allylic oxidation sites excluding steroid dienone is 1. The van der Waals surface area contributed by atoms with Crippen molar-refractivity contribution < 1.29 is 0 Å². The lowest BCUT2D eigenvalue weighted by Crippen LogP contribution is -1.98. The number of hydrogen-bond donors (Lipinski definition) is 1. The Labute approximate surface area is 328 Å². The number of benzene rings is 8. The fourth-order valence-corrected chi connectivity index (χ4v) is 7.41. The number of hydrogen-bond acceptors (Lipinski definition) is 2. The van der Waals surface area contributed by atoms with Crippen molar-refractivity contribution in [1.29, 1.82) is 5.41 Å². The molecule has 8 aromatic carbocycles. The Balaban J connectivity index is 1.07. The number of aromatic nitrogens is 1. The van der Waals surface area contributed by atoms with Crippen LogP contribution in [0.5, 0.6) is 0 Å². The molecule has 56 heavy (non-hydrogen) atoms. The van der Waals surface area contributed by atoms with Gasteiger partial charge in [0.1, 0.15) is 0 Å². The number of nitrogens with zero attached hydrogens (tertiary/aromatic N) is 1. The lowest BCUT2D eigenvalue weighted by molar-refractivity contribution is 1.32. The average Bonchev–Trinajstić information content (AvgIpc) is 3.29. The molecule has 0 aliphatic heterocycles. The van der Waals surface area contributed by atoms with E-state index in [1.807, 2.05) is 54.6 Å². The van der Waals surface area contributed by atoms with Crippen LogP contribution in [0.15, 0.2) is 224 Å². The second kappa shape index (κ2) is 15.5. The lowest BCUT2D eigenvalue weighted by atomic mass is 9.89. The third kappa shape index (κ3) is 7.24. The van der Waals surface area contributed by atoms with E-state index in [-0.39, 0.29) is 0 Å². The molecule has 2 nitrogen and oxygen atoms in total. The second-order valence-corrected chi connectivity index (χ2v) is 14.0. The molecule has 0 saturated heterocycles. The van der Waals surface area contributed by atoms with Gasteiger partial charge in [0.05, 0.1) is 17.1 Å². The number of pyridine rings is 1. The summed E-state index contributed by atoms with van der Waals surface area (Å²) in [6, 6.07) is 76.3. The minimum Gasteiger partial charge on any atom is -0.300 e. The molecule has 1 aromatic heterocycles. The molecule has 0 aliphatic rings. The van der Waals surface area contributed by atoms with E-state index in [0.717, 1.165) is 88.9 Å². The minimum absolute atomic E-state index is 0.480. The van der Waals surface area contributed by atoms with Crippen LogP contribution < -0.4 is 0 Å². The summed E-state index contributed by atoms with van der Waals surface area (Å²) in [5.74, 6) is 0. The van der Waals surface area contributed by atoms with Gasteiger partial charge in [0, 0.05) is 11.1 Å². The van der Waals surface area contributed by atoms with Crippen LogP contribution in [0.2, 0.25) is 0 Å². The molecule has 0 radical (unpaired) electrons. The molecular weight excluding hydrogens is 677 g/mol. The summed E-state index contributed by atoms with van der Waals surface area (Å²) in [5, 5.41) is 11.3. The first kappa shape index (κ1) is 34.4. The van der Waals surface area contributed by atoms with E-state index in [9.17, 15) is 0 Å². The van der Waals surface area contributed by atoms with Crippen molar-refractivity contribution in [2.24, 2.45) is 0 Å². The highest BCUT2D eigenvalue weighted by atomic mass is 14.7. The zero-order chi connectivity index (χ0) is 37.7. The Bertz CT molecular complexity index is 2770. The minimum atomic E-state index is 0.480. The Morgan fingerprint density at radius 2 is 0.821 bits per heavy atom. The van der Waals surface area contributed by atoms with Crippen LogP contribution >= 0.6 is 0 Å². The Hall–Kier alpha value is -7.42. The second-order valence-electron chi connectivity index (χ2n) is 14.0. The van der Waals surface area contributed by atoms with Gasteiger partial charge in [-0.2, -0.15) is 0 Å². The maximum atomic E-state index is 9.02. The Kier molecular flexibility index (Phi) is 9.52. The van der Waals surface area contributed by atoms with E-state index < -0.39 is 0 Å². The zero-order valence-corrected chi connectivity index (χ0v) is 30.8. The standard InChI is InChI=1S/C54H38N2/c55-52(42-17-7-2-8-18-42)37-51(40-15-5-1-6-16-40)49-26-14-23-41-31-32-47(34-50(41)49)46-25-13-24-45(33-46)38-27-29-39(30-28-38)48-35-53(43-19-9-3-10-20-43)56-54(36-48)44-21-11-4-12-22-44/h1-37,55H/b51-37-,55-52?. The van der Waals surface area contributed by atoms with E-state index in [2.05, 4.69) is 170 Å². The molecule has 0 atom stereocenters. The van der Waals surface area contributed by atoms with Gasteiger partial charge in [-0.1, -0.05) is 194 Å². The van der Waals surface area contributed by atoms with E-state index >= 15 is 0 Å². The summed E-state index contributed by atoms with van der Waals surface area (Å²) in [6.07, 6.45) is 2.01. The highest BCUT2D eigenvalue weighted by Gasteiger charge is 2.14. The van der Waals surface area contributed by atoms with E-state index in [1.54, 1.807) is 0 Å². The van der Waals surface area contributed by atoms with Crippen molar-refractivity contribution in [2.45, 2.75) is 0 Å². The maximum absolute atomic E-state index is 9.02. The molecule has 0 fully saturated rings. The SMILES string of the molecule is N=C(/C=C(/c1ccccc1)c1cccc2ccc(-c3cccc(-c4ccc(-c5cc(-c6ccccc6)nc(-c6ccccc6)c5)cc4)c3)cc12)c1ccccc1. The van der Waals surface area contributed by atoms with Crippen LogP contribution in [0.3, 0.4) is 0 Å². The van der Waals surface area contributed by atoms with Gasteiger partial charge in [-0.3, -0.25) is 0 Å². The highest BCUT2D eigenvalue weighted by molar-refractivity contribution is 6.13. The molecule has 2 heteroatoms.